The highest BCUT2D eigenvalue weighted by atomic mass is 16.4. The van der Waals surface area contributed by atoms with E-state index >= 15 is 0 Å². The van der Waals surface area contributed by atoms with Crippen LogP contribution in [-0.4, -0.2) is 35.0 Å². The Kier molecular flexibility index (Phi) is 3.94. The zero-order valence-electron chi connectivity index (χ0n) is 13.0. The number of benzene rings is 1. The van der Waals surface area contributed by atoms with Crippen LogP contribution in [0.1, 0.15) is 38.2 Å². The molecule has 0 bridgehead atoms. The third kappa shape index (κ3) is 2.62. The van der Waals surface area contributed by atoms with Gasteiger partial charge in [0.25, 0.3) is 0 Å². The minimum Gasteiger partial charge on any atom is -0.481 e. The van der Waals surface area contributed by atoms with Gasteiger partial charge in [-0.2, -0.15) is 0 Å². The predicted octanol–water partition coefficient (Wildman–Crippen LogP) is 2.68. The van der Waals surface area contributed by atoms with Crippen molar-refractivity contribution in [3.05, 3.63) is 35.9 Å². The zero-order chi connectivity index (χ0) is 15.7. The number of hydrogen-bond acceptors (Lipinski definition) is 2. The molecule has 3 rings (SSSR count). The molecule has 118 valence electrons. The van der Waals surface area contributed by atoms with Crippen LogP contribution in [0.2, 0.25) is 0 Å². The average Bonchev–Trinajstić information content (AvgIpc) is 2.46. The van der Waals surface area contributed by atoms with Gasteiger partial charge in [0.15, 0.2) is 0 Å². The second-order valence-corrected chi connectivity index (χ2v) is 6.92. The SMILES string of the molecule is CC1(c2ccccc2)CCCN(C(=O)C2CCC2C(=O)O)C1. The fourth-order valence-corrected chi connectivity index (χ4v) is 3.83. The lowest BCUT2D eigenvalue weighted by molar-refractivity contribution is -0.157. The van der Waals surface area contributed by atoms with Crippen LogP contribution in [0.5, 0.6) is 0 Å². The second kappa shape index (κ2) is 5.75. The third-order valence-corrected chi connectivity index (χ3v) is 5.39. The number of aliphatic carboxylic acids is 1. The van der Waals surface area contributed by atoms with Crippen molar-refractivity contribution in [3.63, 3.8) is 0 Å². The maximum Gasteiger partial charge on any atom is 0.307 e. The summed E-state index contributed by atoms with van der Waals surface area (Å²) in [5.74, 6) is -1.57. The number of likely N-dealkylation sites (tertiary alicyclic amines) is 1. The average molecular weight is 301 g/mol. The maximum absolute atomic E-state index is 12.7. The van der Waals surface area contributed by atoms with Crippen LogP contribution >= 0.6 is 0 Å². The lowest BCUT2D eigenvalue weighted by Gasteiger charge is -2.44. The standard InChI is InChI=1S/C18H23NO3/c1-18(13-6-3-2-4-7-13)10-5-11-19(12-18)16(20)14-8-9-15(14)17(21)22/h2-4,6-7,14-15H,5,8-12H2,1H3,(H,21,22). The van der Waals surface area contributed by atoms with Crippen LogP contribution < -0.4 is 0 Å². The zero-order valence-corrected chi connectivity index (χ0v) is 13.0. The lowest BCUT2D eigenvalue weighted by atomic mass is 9.71. The van der Waals surface area contributed by atoms with Crippen LogP contribution in [0.25, 0.3) is 0 Å². The van der Waals surface area contributed by atoms with Gasteiger partial charge in [-0.3, -0.25) is 9.59 Å². The first-order valence-corrected chi connectivity index (χ1v) is 8.08. The molecule has 4 nitrogen and oxygen atoms in total. The number of rotatable bonds is 3. The molecule has 1 aromatic rings. The molecule has 4 heteroatoms. The van der Waals surface area contributed by atoms with Gasteiger partial charge in [-0.05, 0) is 31.2 Å². The first-order valence-electron chi connectivity index (χ1n) is 8.08. The van der Waals surface area contributed by atoms with Crippen LogP contribution in [0.15, 0.2) is 30.3 Å². The van der Waals surface area contributed by atoms with Crippen LogP contribution in [0.4, 0.5) is 0 Å². The van der Waals surface area contributed by atoms with Crippen molar-refractivity contribution in [3.8, 4) is 0 Å². The Morgan fingerprint density at radius 3 is 2.45 bits per heavy atom. The molecule has 1 aliphatic carbocycles. The number of carbonyl (C=O) groups excluding carboxylic acids is 1. The highest BCUT2D eigenvalue weighted by Crippen LogP contribution is 2.39. The third-order valence-electron chi connectivity index (χ3n) is 5.39. The van der Waals surface area contributed by atoms with E-state index in [4.69, 9.17) is 5.11 Å². The Bertz CT molecular complexity index is 571. The summed E-state index contributed by atoms with van der Waals surface area (Å²) in [6, 6.07) is 10.3. The highest BCUT2D eigenvalue weighted by Gasteiger charge is 2.45. The molecular formula is C18H23NO3. The molecule has 1 heterocycles. The summed E-state index contributed by atoms with van der Waals surface area (Å²) in [6.45, 7) is 3.65. The van der Waals surface area contributed by atoms with Crippen molar-refractivity contribution < 1.29 is 14.7 Å². The van der Waals surface area contributed by atoms with Gasteiger partial charge in [0.1, 0.15) is 0 Å². The summed E-state index contributed by atoms with van der Waals surface area (Å²) < 4.78 is 0. The monoisotopic (exact) mass is 301 g/mol. The van der Waals surface area contributed by atoms with E-state index in [2.05, 4.69) is 19.1 Å². The van der Waals surface area contributed by atoms with Crippen LogP contribution in [-0.2, 0) is 15.0 Å². The van der Waals surface area contributed by atoms with E-state index in [0.717, 1.165) is 19.4 Å². The van der Waals surface area contributed by atoms with Crippen LogP contribution in [0.3, 0.4) is 0 Å². The first-order chi connectivity index (χ1) is 10.5. The number of hydrogen-bond donors (Lipinski definition) is 1. The molecule has 1 saturated heterocycles. The molecule has 0 aromatic heterocycles. The summed E-state index contributed by atoms with van der Waals surface area (Å²) >= 11 is 0. The molecular weight excluding hydrogens is 278 g/mol. The first kappa shape index (κ1) is 15.1. The van der Waals surface area contributed by atoms with Gasteiger partial charge in [-0.1, -0.05) is 37.3 Å². The fraction of sp³-hybridized carbons (Fsp3) is 0.556. The molecule has 2 fully saturated rings. The Morgan fingerprint density at radius 1 is 1.18 bits per heavy atom. The van der Waals surface area contributed by atoms with Gasteiger partial charge in [0, 0.05) is 18.5 Å². The van der Waals surface area contributed by atoms with Crippen molar-refractivity contribution in [2.45, 2.75) is 38.0 Å². The summed E-state index contributed by atoms with van der Waals surface area (Å²) in [4.78, 5) is 25.7. The molecule has 1 aliphatic heterocycles. The Hall–Kier alpha value is -1.84. The van der Waals surface area contributed by atoms with Crippen molar-refractivity contribution in [1.29, 1.82) is 0 Å². The van der Waals surface area contributed by atoms with E-state index in [-0.39, 0.29) is 17.2 Å². The summed E-state index contributed by atoms with van der Waals surface area (Å²) in [7, 11) is 0. The van der Waals surface area contributed by atoms with Crippen molar-refractivity contribution in [2.24, 2.45) is 11.8 Å². The minimum atomic E-state index is -0.826. The second-order valence-electron chi connectivity index (χ2n) is 6.92. The maximum atomic E-state index is 12.7. The van der Waals surface area contributed by atoms with Crippen LogP contribution in [0, 0.1) is 11.8 Å². The molecule has 1 N–H and O–H groups in total. The van der Waals surface area contributed by atoms with Gasteiger partial charge >= 0.3 is 5.97 Å². The number of piperidine rings is 1. The quantitative estimate of drug-likeness (QED) is 0.934. The largest absolute Gasteiger partial charge is 0.481 e. The Labute approximate surface area is 131 Å². The molecule has 22 heavy (non-hydrogen) atoms. The lowest BCUT2D eigenvalue weighted by Crippen LogP contribution is -2.52. The van der Waals surface area contributed by atoms with Gasteiger partial charge in [0.2, 0.25) is 5.91 Å². The van der Waals surface area contributed by atoms with E-state index in [1.807, 2.05) is 23.1 Å². The van der Waals surface area contributed by atoms with E-state index < -0.39 is 11.9 Å². The molecule has 3 atom stereocenters. The number of carboxylic acids is 1. The van der Waals surface area contributed by atoms with E-state index in [1.165, 1.54) is 5.56 Å². The van der Waals surface area contributed by atoms with Crippen molar-refractivity contribution in [1.82, 2.24) is 4.90 Å². The Balaban J connectivity index is 1.73. The molecule has 2 aliphatic rings. The molecule has 0 radical (unpaired) electrons. The summed E-state index contributed by atoms with van der Waals surface area (Å²) in [5.41, 5.74) is 1.23. The molecule has 1 saturated carbocycles. The van der Waals surface area contributed by atoms with E-state index in [0.29, 0.717) is 19.4 Å². The Morgan fingerprint density at radius 2 is 1.86 bits per heavy atom. The van der Waals surface area contributed by atoms with Crippen molar-refractivity contribution >= 4 is 11.9 Å². The van der Waals surface area contributed by atoms with Crippen molar-refractivity contribution in [2.75, 3.05) is 13.1 Å². The molecule has 1 amide bonds. The normalized spacial score (nSPS) is 31.4. The van der Waals surface area contributed by atoms with Gasteiger partial charge < -0.3 is 10.0 Å². The van der Waals surface area contributed by atoms with Gasteiger partial charge in [-0.25, -0.2) is 0 Å². The highest BCUT2D eigenvalue weighted by molar-refractivity contribution is 5.86. The molecule has 0 spiro atoms. The molecule has 3 unspecified atom stereocenters. The summed E-state index contributed by atoms with van der Waals surface area (Å²) in [5, 5.41) is 9.16. The number of nitrogens with zero attached hydrogens (tertiary/aromatic N) is 1. The number of amides is 1. The molecule has 1 aromatic carbocycles. The van der Waals surface area contributed by atoms with Gasteiger partial charge in [-0.15, -0.1) is 0 Å². The summed E-state index contributed by atoms with van der Waals surface area (Å²) in [6.07, 6.45) is 3.39. The fourth-order valence-electron chi connectivity index (χ4n) is 3.83. The van der Waals surface area contributed by atoms with E-state index in [1.54, 1.807) is 0 Å². The smallest absolute Gasteiger partial charge is 0.307 e. The predicted molar refractivity (Wildman–Crippen MR) is 83.5 cm³/mol. The van der Waals surface area contributed by atoms with E-state index in [9.17, 15) is 9.59 Å². The van der Waals surface area contributed by atoms with Gasteiger partial charge in [0.05, 0.1) is 11.8 Å². The number of carboxylic acid groups (broad SMARTS) is 1. The topological polar surface area (TPSA) is 57.6 Å². The number of carbonyl (C=O) groups is 2. The minimum absolute atomic E-state index is 0.0301.